The second-order valence-corrected chi connectivity index (χ2v) is 7.60. The molecule has 0 aromatic heterocycles. The molecule has 1 rings (SSSR count). The number of halogens is 1. The summed E-state index contributed by atoms with van der Waals surface area (Å²) in [7, 11) is -3.32. The minimum atomic E-state index is -3.32. The summed E-state index contributed by atoms with van der Waals surface area (Å²) < 4.78 is 21.4. The topological polar surface area (TPSA) is 51.2 Å². The van der Waals surface area contributed by atoms with Crippen LogP contribution < -0.4 is 0 Å². The molecule has 0 heterocycles. The quantitative estimate of drug-likeness (QED) is 0.481. The Morgan fingerprint density at radius 3 is 2.13 bits per heavy atom. The number of carbonyl (C=O) groups is 1. The molecule has 0 aliphatic heterocycles. The third kappa shape index (κ3) is 3.27. The third-order valence-electron chi connectivity index (χ3n) is 1.92. The number of rotatable bonds is 3. The van der Waals surface area contributed by atoms with E-state index in [1.807, 2.05) is 6.92 Å². The summed E-state index contributed by atoms with van der Waals surface area (Å²) >= 11 is 1.65. The first kappa shape index (κ1) is 12.6. The van der Waals surface area contributed by atoms with Crippen LogP contribution in [0.1, 0.15) is 15.9 Å². The Balaban J connectivity index is 3.01. The van der Waals surface area contributed by atoms with Crippen LogP contribution in [0.2, 0.25) is 0 Å². The van der Waals surface area contributed by atoms with Gasteiger partial charge < -0.3 is 0 Å². The van der Waals surface area contributed by atoms with Crippen molar-refractivity contribution in [2.75, 3.05) is 6.26 Å². The van der Waals surface area contributed by atoms with Crippen molar-refractivity contribution in [2.45, 2.75) is 10.2 Å². The highest BCUT2D eigenvalue weighted by atomic mass is 127. The number of sulfone groups is 1. The van der Waals surface area contributed by atoms with Crippen LogP contribution >= 0.6 is 22.6 Å². The minimum Gasteiger partial charge on any atom is -0.292 e. The molecule has 0 N–H and O–H groups in total. The summed E-state index contributed by atoms with van der Waals surface area (Å²) in [6, 6.07) is 6.88. The maximum atomic E-state index is 11.7. The van der Waals surface area contributed by atoms with Crippen molar-refractivity contribution in [1.29, 1.82) is 0 Å². The lowest BCUT2D eigenvalue weighted by Crippen LogP contribution is -2.23. The molecule has 0 saturated heterocycles. The number of hydrogen-bond donors (Lipinski definition) is 0. The van der Waals surface area contributed by atoms with Crippen molar-refractivity contribution < 1.29 is 13.2 Å². The Morgan fingerprint density at radius 1 is 1.27 bits per heavy atom. The van der Waals surface area contributed by atoms with Crippen LogP contribution in [0.15, 0.2) is 24.3 Å². The molecule has 1 atom stereocenters. The summed E-state index contributed by atoms with van der Waals surface area (Å²) in [6.07, 6.45) is 1.07. The fourth-order valence-electron chi connectivity index (χ4n) is 1.04. The van der Waals surface area contributed by atoms with Crippen LogP contribution in [0.5, 0.6) is 0 Å². The monoisotopic (exact) mass is 338 g/mol. The number of hydrogen-bond acceptors (Lipinski definition) is 3. The molecular weight excluding hydrogens is 327 g/mol. The van der Waals surface area contributed by atoms with Gasteiger partial charge in [0.05, 0.1) is 0 Å². The number of carbonyl (C=O) groups excluding carboxylic acids is 1. The van der Waals surface area contributed by atoms with Crippen LogP contribution in [0, 0.1) is 6.92 Å². The highest BCUT2D eigenvalue weighted by molar-refractivity contribution is 14.1. The van der Waals surface area contributed by atoms with Crippen LogP contribution in [0.25, 0.3) is 0 Å². The average Bonchev–Trinajstić information content (AvgIpc) is 2.15. The van der Waals surface area contributed by atoms with E-state index in [2.05, 4.69) is 0 Å². The van der Waals surface area contributed by atoms with Crippen molar-refractivity contribution in [3.8, 4) is 0 Å². The van der Waals surface area contributed by atoms with Gasteiger partial charge in [0.2, 0.25) is 0 Å². The average molecular weight is 338 g/mol. The predicted molar refractivity (Wildman–Crippen MR) is 68.2 cm³/mol. The highest BCUT2D eigenvalue weighted by Gasteiger charge is 2.26. The molecule has 0 radical (unpaired) electrons. The van der Waals surface area contributed by atoms with Crippen molar-refractivity contribution in [1.82, 2.24) is 0 Å². The zero-order valence-electron chi connectivity index (χ0n) is 8.40. The summed E-state index contributed by atoms with van der Waals surface area (Å²) in [4.78, 5) is 11.7. The molecule has 82 valence electrons. The van der Waals surface area contributed by atoms with E-state index in [1.165, 1.54) is 0 Å². The van der Waals surface area contributed by atoms with Gasteiger partial charge in [0, 0.05) is 11.8 Å². The van der Waals surface area contributed by atoms with E-state index in [0.717, 1.165) is 11.8 Å². The Hall–Kier alpha value is -0.430. The van der Waals surface area contributed by atoms with Crippen LogP contribution in [-0.4, -0.2) is 23.7 Å². The van der Waals surface area contributed by atoms with Gasteiger partial charge in [-0.25, -0.2) is 8.42 Å². The molecule has 3 nitrogen and oxygen atoms in total. The molecule has 0 unspecified atom stereocenters. The molecule has 1 aromatic rings. The van der Waals surface area contributed by atoms with Gasteiger partial charge in [-0.1, -0.05) is 52.4 Å². The van der Waals surface area contributed by atoms with Crippen molar-refractivity contribution in [2.24, 2.45) is 0 Å². The molecule has 0 saturated carbocycles. The zero-order chi connectivity index (χ0) is 11.6. The lowest BCUT2D eigenvalue weighted by Gasteiger charge is -2.06. The number of aryl methyl sites for hydroxylation is 1. The minimum absolute atomic E-state index is 0.363. The molecule has 5 heteroatoms. The van der Waals surface area contributed by atoms with E-state index in [0.29, 0.717) is 5.56 Å². The number of alkyl halides is 1. The highest BCUT2D eigenvalue weighted by Crippen LogP contribution is 2.16. The Bertz CT molecular complexity index is 462. The largest absolute Gasteiger partial charge is 0.292 e. The summed E-state index contributed by atoms with van der Waals surface area (Å²) in [5.74, 6) is -0.363. The van der Waals surface area contributed by atoms with Gasteiger partial charge in [0.25, 0.3) is 0 Å². The first-order valence-corrected chi connectivity index (χ1v) is 7.46. The van der Waals surface area contributed by atoms with Crippen LogP contribution in [0.4, 0.5) is 0 Å². The van der Waals surface area contributed by atoms with Crippen molar-refractivity contribution in [3.63, 3.8) is 0 Å². The van der Waals surface area contributed by atoms with E-state index in [9.17, 15) is 13.2 Å². The maximum absolute atomic E-state index is 11.7. The molecule has 15 heavy (non-hydrogen) atoms. The summed E-state index contributed by atoms with van der Waals surface area (Å²) in [6.45, 7) is 1.91. The van der Waals surface area contributed by atoms with Gasteiger partial charge >= 0.3 is 0 Å². The zero-order valence-corrected chi connectivity index (χ0v) is 11.4. The predicted octanol–water partition coefficient (Wildman–Crippen LogP) is 1.98. The standard InChI is InChI=1S/C10H11IO3S/c1-7-3-5-8(6-4-7)9(12)10(11)15(2,13)14/h3-6,10H,1-2H3/t10-/m1/s1. The van der Waals surface area contributed by atoms with Gasteiger partial charge in [-0.2, -0.15) is 0 Å². The van der Waals surface area contributed by atoms with Gasteiger partial charge in [-0.15, -0.1) is 0 Å². The van der Waals surface area contributed by atoms with E-state index < -0.39 is 13.1 Å². The lowest BCUT2D eigenvalue weighted by molar-refractivity contribution is 0.101. The van der Waals surface area contributed by atoms with E-state index >= 15 is 0 Å². The Kier molecular flexibility index (Phi) is 3.88. The second-order valence-electron chi connectivity index (χ2n) is 3.38. The lowest BCUT2D eigenvalue weighted by atomic mass is 10.1. The van der Waals surface area contributed by atoms with E-state index in [4.69, 9.17) is 0 Å². The fraction of sp³-hybridized carbons (Fsp3) is 0.300. The Labute approximate surface area is 103 Å². The molecule has 0 amide bonds. The Morgan fingerprint density at radius 2 is 1.73 bits per heavy atom. The number of ketones is 1. The smallest absolute Gasteiger partial charge is 0.190 e. The summed E-state index contributed by atoms with van der Waals surface area (Å²) in [5, 5.41) is 0. The maximum Gasteiger partial charge on any atom is 0.190 e. The molecule has 0 aliphatic carbocycles. The molecule has 1 aromatic carbocycles. The number of Topliss-reactive ketones (excluding diaryl/α,β-unsaturated/α-hetero) is 1. The first-order chi connectivity index (χ1) is 6.82. The van der Waals surface area contributed by atoms with Gasteiger partial charge in [-0.3, -0.25) is 4.79 Å². The molecule has 0 spiro atoms. The van der Waals surface area contributed by atoms with E-state index in [1.54, 1.807) is 46.9 Å². The van der Waals surface area contributed by atoms with Crippen LogP contribution in [-0.2, 0) is 9.84 Å². The molecule has 0 aliphatic rings. The molecular formula is C10H11IO3S. The van der Waals surface area contributed by atoms with Gasteiger partial charge in [0.1, 0.15) is 0 Å². The molecule has 0 bridgehead atoms. The van der Waals surface area contributed by atoms with Crippen molar-refractivity contribution in [3.05, 3.63) is 35.4 Å². The fourth-order valence-corrected chi connectivity index (χ4v) is 1.93. The van der Waals surface area contributed by atoms with Crippen molar-refractivity contribution >= 4 is 38.2 Å². The SMILES string of the molecule is Cc1ccc(C(=O)[C@H](I)S(C)(=O)=O)cc1. The summed E-state index contributed by atoms with van der Waals surface area (Å²) in [5.41, 5.74) is 1.47. The first-order valence-electron chi connectivity index (χ1n) is 4.26. The third-order valence-corrected chi connectivity index (χ3v) is 6.22. The van der Waals surface area contributed by atoms with Gasteiger partial charge in [0.15, 0.2) is 18.9 Å². The normalized spacial score (nSPS) is 13.5. The van der Waals surface area contributed by atoms with Crippen LogP contribution in [0.3, 0.4) is 0 Å². The number of benzene rings is 1. The second kappa shape index (κ2) is 4.61. The van der Waals surface area contributed by atoms with E-state index in [-0.39, 0.29) is 5.78 Å². The van der Waals surface area contributed by atoms with Gasteiger partial charge in [-0.05, 0) is 6.92 Å². The molecule has 0 fully saturated rings.